The lowest BCUT2D eigenvalue weighted by atomic mass is 9.80. The number of nitrogens with zero attached hydrogens (tertiary/aromatic N) is 1. The predicted molar refractivity (Wildman–Crippen MR) is 113 cm³/mol. The number of benzene rings is 5. The van der Waals surface area contributed by atoms with Gasteiger partial charge in [0.15, 0.2) is 0 Å². The Kier molecular flexibility index (Phi) is 3.06. The molecule has 3 heteroatoms. The van der Waals surface area contributed by atoms with Gasteiger partial charge in [-0.15, -0.1) is 0 Å². The third-order valence-electron chi connectivity index (χ3n) is 5.64. The summed E-state index contributed by atoms with van der Waals surface area (Å²) in [5.74, 6) is 0. The standard InChI is InChI=1S/C24H19NO2/c1-24(2,3)20-12-10-16-15-7-5-9-19-21(25(26)27)13-11-17(23(15)19)14-6-4-8-18(20)22(14)16/h4-13H,1-3H3. The second-order valence-electron chi connectivity index (χ2n) is 8.26. The Balaban J connectivity index is 2.11. The zero-order valence-corrected chi connectivity index (χ0v) is 15.5. The lowest BCUT2D eigenvalue weighted by Gasteiger charge is -2.23. The van der Waals surface area contributed by atoms with Crippen molar-refractivity contribution in [3.63, 3.8) is 0 Å². The third-order valence-corrected chi connectivity index (χ3v) is 5.64. The Morgan fingerprint density at radius 3 is 1.74 bits per heavy atom. The molecule has 0 bridgehead atoms. The van der Waals surface area contributed by atoms with Crippen LogP contribution in [0.15, 0.2) is 60.7 Å². The molecule has 0 aliphatic carbocycles. The molecule has 3 nitrogen and oxygen atoms in total. The molecule has 0 fully saturated rings. The van der Waals surface area contributed by atoms with E-state index >= 15 is 0 Å². The molecule has 0 aliphatic heterocycles. The van der Waals surface area contributed by atoms with E-state index < -0.39 is 0 Å². The number of hydrogen-bond acceptors (Lipinski definition) is 2. The summed E-state index contributed by atoms with van der Waals surface area (Å²) in [4.78, 5) is 11.3. The number of non-ortho nitro benzene ring substituents is 1. The third kappa shape index (κ3) is 2.08. The van der Waals surface area contributed by atoms with Gasteiger partial charge in [0.1, 0.15) is 0 Å². The lowest BCUT2D eigenvalue weighted by molar-refractivity contribution is -0.383. The van der Waals surface area contributed by atoms with Crippen molar-refractivity contribution in [3.8, 4) is 0 Å². The van der Waals surface area contributed by atoms with Crippen molar-refractivity contribution in [1.82, 2.24) is 0 Å². The van der Waals surface area contributed by atoms with E-state index in [1.807, 2.05) is 18.2 Å². The van der Waals surface area contributed by atoms with E-state index in [2.05, 4.69) is 57.2 Å². The molecule has 132 valence electrons. The maximum atomic E-state index is 11.5. The summed E-state index contributed by atoms with van der Waals surface area (Å²) in [6.45, 7) is 6.70. The topological polar surface area (TPSA) is 43.1 Å². The number of nitro benzene ring substituents is 1. The average Bonchev–Trinajstić information content (AvgIpc) is 2.64. The van der Waals surface area contributed by atoms with Crippen molar-refractivity contribution in [2.75, 3.05) is 0 Å². The van der Waals surface area contributed by atoms with E-state index in [9.17, 15) is 10.1 Å². The van der Waals surface area contributed by atoms with Gasteiger partial charge in [0, 0.05) is 11.5 Å². The molecular formula is C24H19NO2. The summed E-state index contributed by atoms with van der Waals surface area (Å²) in [5, 5.41) is 20.2. The first kappa shape index (κ1) is 16.0. The molecule has 0 aromatic heterocycles. The molecule has 0 saturated carbocycles. The SMILES string of the molecule is CC(C)(C)c1ccc2c3cccc4c([N+](=O)[O-])ccc(c5cccc1c52)c43. The van der Waals surface area contributed by atoms with E-state index in [1.54, 1.807) is 6.07 Å². The predicted octanol–water partition coefficient (Wildman–Crippen LogP) is 6.94. The highest BCUT2D eigenvalue weighted by molar-refractivity contribution is 6.34. The maximum Gasteiger partial charge on any atom is 0.277 e. The number of rotatable bonds is 1. The molecule has 0 aliphatic rings. The van der Waals surface area contributed by atoms with Gasteiger partial charge in [-0.25, -0.2) is 0 Å². The Bertz CT molecular complexity index is 1360. The summed E-state index contributed by atoms with van der Waals surface area (Å²) in [6.07, 6.45) is 0. The van der Waals surface area contributed by atoms with Crippen LogP contribution in [0.5, 0.6) is 0 Å². The van der Waals surface area contributed by atoms with Gasteiger partial charge in [0.05, 0.1) is 10.3 Å². The fourth-order valence-corrected chi connectivity index (χ4v) is 4.51. The van der Waals surface area contributed by atoms with Crippen LogP contribution in [0.3, 0.4) is 0 Å². The second-order valence-corrected chi connectivity index (χ2v) is 8.26. The summed E-state index contributed by atoms with van der Waals surface area (Å²) in [5.41, 5.74) is 1.53. The second kappa shape index (κ2) is 5.17. The first-order valence-corrected chi connectivity index (χ1v) is 9.15. The van der Waals surface area contributed by atoms with E-state index in [0.29, 0.717) is 5.39 Å². The van der Waals surface area contributed by atoms with Crippen molar-refractivity contribution in [2.45, 2.75) is 26.2 Å². The highest BCUT2D eigenvalue weighted by atomic mass is 16.6. The summed E-state index contributed by atoms with van der Waals surface area (Å²) in [6, 6.07) is 20.2. The minimum atomic E-state index is -0.290. The van der Waals surface area contributed by atoms with Crippen LogP contribution in [0.2, 0.25) is 0 Å². The largest absolute Gasteiger partial charge is 0.277 e. The van der Waals surface area contributed by atoms with E-state index in [1.165, 1.54) is 16.3 Å². The molecule has 0 N–H and O–H groups in total. The average molecular weight is 353 g/mol. The van der Waals surface area contributed by atoms with Crippen molar-refractivity contribution in [3.05, 3.63) is 76.3 Å². The molecule has 0 spiro atoms. The number of nitro groups is 1. The number of hydrogen-bond donors (Lipinski definition) is 0. The minimum absolute atomic E-state index is 0.0406. The Hall–Kier alpha value is -3.20. The van der Waals surface area contributed by atoms with Crippen molar-refractivity contribution in [2.24, 2.45) is 0 Å². The van der Waals surface area contributed by atoms with E-state index in [-0.39, 0.29) is 16.0 Å². The Morgan fingerprint density at radius 2 is 1.15 bits per heavy atom. The Morgan fingerprint density at radius 1 is 0.667 bits per heavy atom. The fraction of sp³-hybridized carbons (Fsp3) is 0.167. The van der Waals surface area contributed by atoms with Crippen molar-refractivity contribution >= 4 is 48.8 Å². The molecule has 0 atom stereocenters. The van der Waals surface area contributed by atoms with Gasteiger partial charge in [-0.3, -0.25) is 10.1 Å². The van der Waals surface area contributed by atoms with Crippen LogP contribution in [0.1, 0.15) is 26.3 Å². The van der Waals surface area contributed by atoms with Crippen LogP contribution in [0, 0.1) is 10.1 Å². The zero-order chi connectivity index (χ0) is 18.9. The van der Waals surface area contributed by atoms with Crippen LogP contribution in [0.4, 0.5) is 5.69 Å². The molecule has 0 saturated heterocycles. The van der Waals surface area contributed by atoms with Gasteiger partial charge >= 0.3 is 0 Å². The normalized spacial score (nSPS) is 12.6. The quantitative estimate of drug-likeness (QED) is 0.142. The molecule has 0 heterocycles. The van der Waals surface area contributed by atoms with E-state index in [0.717, 1.165) is 26.9 Å². The molecule has 0 unspecified atom stereocenters. The molecule has 5 aromatic carbocycles. The first-order valence-electron chi connectivity index (χ1n) is 9.15. The van der Waals surface area contributed by atoms with Gasteiger partial charge in [0.25, 0.3) is 5.69 Å². The summed E-state index contributed by atoms with van der Waals surface area (Å²) < 4.78 is 0. The molecule has 27 heavy (non-hydrogen) atoms. The van der Waals surface area contributed by atoms with Gasteiger partial charge in [-0.2, -0.15) is 0 Å². The fourth-order valence-electron chi connectivity index (χ4n) is 4.51. The molecular weight excluding hydrogens is 334 g/mol. The Labute approximate surface area is 156 Å². The number of fused-ring (bicyclic) bond motifs is 2. The molecule has 5 rings (SSSR count). The highest BCUT2D eigenvalue weighted by Crippen LogP contribution is 2.44. The monoisotopic (exact) mass is 353 g/mol. The summed E-state index contributed by atoms with van der Waals surface area (Å²) >= 11 is 0. The van der Waals surface area contributed by atoms with Gasteiger partial charge in [-0.05, 0) is 55.4 Å². The molecule has 0 radical (unpaired) electrons. The minimum Gasteiger partial charge on any atom is -0.258 e. The van der Waals surface area contributed by atoms with Crippen LogP contribution in [0.25, 0.3) is 43.1 Å². The van der Waals surface area contributed by atoms with Crippen LogP contribution >= 0.6 is 0 Å². The first-order chi connectivity index (χ1) is 12.9. The molecule has 5 aromatic rings. The summed E-state index contributed by atoms with van der Waals surface area (Å²) in [7, 11) is 0. The van der Waals surface area contributed by atoms with Crippen molar-refractivity contribution in [1.29, 1.82) is 0 Å². The van der Waals surface area contributed by atoms with Crippen LogP contribution in [-0.2, 0) is 5.41 Å². The van der Waals surface area contributed by atoms with Gasteiger partial charge < -0.3 is 0 Å². The van der Waals surface area contributed by atoms with Crippen LogP contribution in [-0.4, -0.2) is 4.92 Å². The maximum absolute atomic E-state index is 11.5. The van der Waals surface area contributed by atoms with Gasteiger partial charge in [0.2, 0.25) is 0 Å². The van der Waals surface area contributed by atoms with Crippen LogP contribution < -0.4 is 0 Å². The zero-order valence-electron chi connectivity index (χ0n) is 15.5. The highest BCUT2D eigenvalue weighted by Gasteiger charge is 2.22. The lowest BCUT2D eigenvalue weighted by Crippen LogP contribution is -2.11. The van der Waals surface area contributed by atoms with E-state index in [4.69, 9.17) is 0 Å². The smallest absolute Gasteiger partial charge is 0.258 e. The molecule has 0 amide bonds. The van der Waals surface area contributed by atoms with Gasteiger partial charge in [-0.1, -0.05) is 63.2 Å². The van der Waals surface area contributed by atoms with Crippen molar-refractivity contribution < 1.29 is 4.92 Å².